The first-order chi connectivity index (χ1) is 9.13. The van der Waals surface area contributed by atoms with Crippen molar-refractivity contribution in [1.82, 2.24) is 9.78 Å². The lowest BCUT2D eigenvalue weighted by Crippen LogP contribution is -2.06. The monoisotopic (exact) mass is 258 g/mol. The number of rotatable bonds is 5. The molecule has 0 radical (unpaired) electrons. The number of nitrogens with zero attached hydrogens (tertiary/aromatic N) is 2. The van der Waals surface area contributed by atoms with E-state index in [1.807, 2.05) is 31.5 Å². The van der Waals surface area contributed by atoms with Crippen LogP contribution in [-0.2, 0) is 13.0 Å². The summed E-state index contributed by atoms with van der Waals surface area (Å²) in [4.78, 5) is 0. The molecular weight excluding hydrogens is 236 g/mol. The molecule has 2 aromatic rings. The fourth-order valence-electron chi connectivity index (χ4n) is 2.49. The maximum absolute atomic E-state index is 10.0. The first-order valence-corrected chi connectivity index (χ1v) is 6.89. The maximum atomic E-state index is 10.0. The Kier molecular flexibility index (Phi) is 4.38. The van der Waals surface area contributed by atoms with E-state index in [0.717, 1.165) is 36.3 Å². The lowest BCUT2D eigenvalue weighted by atomic mass is 10.1. The van der Waals surface area contributed by atoms with Crippen LogP contribution < -0.4 is 0 Å². The van der Waals surface area contributed by atoms with Gasteiger partial charge in [0.05, 0.1) is 11.8 Å². The normalized spacial score (nSPS) is 12.6. The van der Waals surface area contributed by atoms with E-state index in [1.54, 1.807) is 0 Å². The van der Waals surface area contributed by atoms with Gasteiger partial charge in [0.1, 0.15) is 0 Å². The summed E-state index contributed by atoms with van der Waals surface area (Å²) in [5.74, 6) is 0. The Hall–Kier alpha value is -1.61. The molecule has 1 unspecified atom stereocenters. The van der Waals surface area contributed by atoms with Gasteiger partial charge in [0.2, 0.25) is 0 Å². The van der Waals surface area contributed by atoms with Crippen LogP contribution in [0.3, 0.4) is 0 Å². The van der Waals surface area contributed by atoms with Crippen LogP contribution >= 0.6 is 0 Å². The first-order valence-electron chi connectivity index (χ1n) is 6.89. The lowest BCUT2D eigenvalue weighted by Gasteiger charge is -2.09. The van der Waals surface area contributed by atoms with E-state index in [2.05, 4.69) is 29.4 Å². The van der Waals surface area contributed by atoms with Gasteiger partial charge < -0.3 is 5.11 Å². The molecule has 0 bridgehead atoms. The molecule has 0 saturated carbocycles. The quantitative estimate of drug-likeness (QED) is 0.894. The molecule has 3 heteroatoms. The van der Waals surface area contributed by atoms with Crippen LogP contribution in [-0.4, -0.2) is 14.9 Å². The lowest BCUT2D eigenvalue weighted by molar-refractivity contribution is 0.172. The molecule has 1 aromatic heterocycles. The molecule has 0 aliphatic carbocycles. The summed E-state index contributed by atoms with van der Waals surface area (Å²) in [6.07, 6.45) is 1.29. The summed E-state index contributed by atoms with van der Waals surface area (Å²) in [5, 5.41) is 14.6. The summed E-state index contributed by atoms with van der Waals surface area (Å²) >= 11 is 0. The molecule has 0 aliphatic heterocycles. The maximum Gasteiger partial charge on any atom is 0.0823 e. The topological polar surface area (TPSA) is 38.1 Å². The van der Waals surface area contributed by atoms with Gasteiger partial charge in [0.25, 0.3) is 0 Å². The van der Waals surface area contributed by atoms with Crippen molar-refractivity contribution >= 4 is 0 Å². The minimum Gasteiger partial charge on any atom is -0.388 e. The first kappa shape index (κ1) is 13.8. The van der Waals surface area contributed by atoms with Gasteiger partial charge in [-0.25, -0.2) is 0 Å². The standard InChI is InChI=1S/C16H22N2O/c1-4-15(19)16-12(2)17-18(13(16)3)11-10-14-8-6-5-7-9-14/h5-9,15,19H,4,10-11H2,1-3H3. The van der Waals surface area contributed by atoms with Gasteiger partial charge in [-0.1, -0.05) is 37.3 Å². The number of benzene rings is 1. The highest BCUT2D eigenvalue weighted by Gasteiger charge is 2.17. The van der Waals surface area contributed by atoms with Gasteiger partial charge in [-0.3, -0.25) is 4.68 Å². The van der Waals surface area contributed by atoms with Crippen LogP contribution in [0.4, 0.5) is 0 Å². The number of hydrogen-bond acceptors (Lipinski definition) is 2. The van der Waals surface area contributed by atoms with Crippen molar-refractivity contribution in [3.8, 4) is 0 Å². The molecule has 1 heterocycles. The van der Waals surface area contributed by atoms with E-state index in [0.29, 0.717) is 0 Å². The molecule has 0 aliphatic rings. The van der Waals surface area contributed by atoms with E-state index in [-0.39, 0.29) is 0 Å². The second-order valence-electron chi connectivity index (χ2n) is 4.97. The summed E-state index contributed by atoms with van der Waals surface area (Å²) in [5.41, 5.74) is 4.34. The second kappa shape index (κ2) is 6.02. The van der Waals surface area contributed by atoms with E-state index in [4.69, 9.17) is 0 Å². The molecule has 102 valence electrons. The predicted molar refractivity (Wildman–Crippen MR) is 77.1 cm³/mol. The highest BCUT2D eigenvalue weighted by Crippen LogP contribution is 2.23. The van der Waals surface area contributed by atoms with Gasteiger partial charge in [-0.2, -0.15) is 5.10 Å². The van der Waals surface area contributed by atoms with Gasteiger partial charge in [0.15, 0.2) is 0 Å². The van der Waals surface area contributed by atoms with Crippen molar-refractivity contribution in [3.05, 3.63) is 52.8 Å². The molecule has 19 heavy (non-hydrogen) atoms. The van der Waals surface area contributed by atoms with E-state index in [9.17, 15) is 5.11 Å². The Morgan fingerprint density at radius 1 is 1.21 bits per heavy atom. The predicted octanol–water partition coefficient (Wildman–Crippen LogP) is 3.19. The Labute approximate surface area is 114 Å². The highest BCUT2D eigenvalue weighted by atomic mass is 16.3. The smallest absolute Gasteiger partial charge is 0.0823 e. The molecule has 1 atom stereocenters. The number of hydrogen-bond donors (Lipinski definition) is 1. The van der Waals surface area contributed by atoms with Crippen LogP contribution in [0.5, 0.6) is 0 Å². The molecule has 0 spiro atoms. The summed E-state index contributed by atoms with van der Waals surface area (Å²) < 4.78 is 2.01. The SMILES string of the molecule is CCC(O)c1c(C)nn(CCc2ccccc2)c1C. The molecule has 0 fully saturated rings. The molecule has 3 nitrogen and oxygen atoms in total. The third kappa shape index (κ3) is 3.04. The fourth-order valence-corrected chi connectivity index (χ4v) is 2.49. The third-order valence-electron chi connectivity index (χ3n) is 3.61. The second-order valence-corrected chi connectivity index (χ2v) is 4.97. The van der Waals surface area contributed by atoms with Crippen LogP contribution in [0, 0.1) is 13.8 Å². The zero-order chi connectivity index (χ0) is 13.8. The van der Waals surface area contributed by atoms with Crippen molar-refractivity contribution in [1.29, 1.82) is 0 Å². The van der Waals surface area contributed by atoms with Gasteiger partial charge in [-0.15, -0.1) is 0 Å². The van der Waals surface area contributed by atoms with Crippen LogP contribution in [0.1, 0.15) is 42.0 Å². The van der Waals surface area contributed by atoms with Gasteiger partial charge >= 0.3 is 0 Å². The molecular formula is C16H22N2O. The molecule has 0 saturated heterocycles. The Morgan fingerprint density at radius 3 is 2.53 bits per heavy atom. The van der Waals surface area contributed by atoms with Gasteiger partial charge in [-0.05, 0) is 32.3 Å². The van der Waals surface area contributed by atoms with Crippen molar-refractivity contribution in [3.63, 3.8) is 0 Å². The average Bonchev–Trinajstić information content (AvgIpc) is 2.71. The van der Waals surface area contributed by atoms with Crippen molar-refractivity contribution in [2.24, 2.45) is 0 Å². The molecule has 2 rings (SSSR count). The Morgan fingerprint density at radius 2 is 1.89 bits per heavy atom. The van der Waals surface area contributed by atoms with E-state index in [1.165, 1.54) is 5.56 Å². The molecule has 1 N–H and O–H groups in total. The number of aryl methyl sites for hydroxylation is 3. The van der Waals surface area contributed by atoms with Crippen LogP contribution in [0.25, 0.3) is 0 Å². The number of aromatic nitrogens is 2. The molecule has 1 aromatic carbocycles. The zero-order valence-electron chi connectivity index (χ0n) is 11.9. The minimum atomic E-state index is -0.398. The average molecular weight is 258 g/mol. The number of aliphatic hydroxyl groups is 1. The Bertz CT molecular complexity index is 531. The summed E-state index contributed by atoms with van der Waals surface area (Å²) in [7, 11) is 0. The number of aliphatic hydroxyl groups excluding tert-OH is 1. The Balaban J connectivity index is 2.14. The summed E-state index contributed by atoms with van der Waals surface area (Å²) in [6, 6.07) is 10.4. The van der Waals surface area contributed by atoms with Crippen molar-refractivity contribution in [2.45, 2.75) is 46.3 Å². The fraction of sp³-hybridized carbons (Fsp3) is 0.438. The molecule has 0 amide bonds. The largest absolute Gasteiger partial charge is 0.388 e. The van der Waals surface area contributed by atoms with E-state index < -0.39 is 6.10 Å². The third-order valence-corrected chi connectivity index (χ3v) is 3.61. The summed E-state index contributed by atoms with van der Waals surface area (Å²) in [6.45, 7) is 6.86. The van der Waals surface area contributed by atoms with Gasteiger partial charge in [0, 0.05) is 17.8 Å². The van der Waals surface area contributed by atoms with Crippen LogP contribution in [0.15, 0.2) is 30.3 Å². The van der Waals surface area contributed by atoms with E-state index >= 15 is 0 Å². The zero-order valence-corrected chi connectivity index (χ0v) is 11.9. The van der Waals surface area contributed by atoms with Crippen molar-refractivity contribution < 1.29 is 5.11 Å². The van der Waals surface area contributed by atoms with Crippen molar-refractivity contribution in [2.75, 3.05) is 0 Å². The minimum absolute atomic E-state index is 0.398. The highest BCUT2D eigenvalue weighted by molar-refractivity contribution is 5.27. The van der Waals surface area contributed by atoms with Crippen LogP contribution in [0.2, 0.25) is 0 Å².